The topological polar surface area (TPSA) is 79.3 Å². The smallest absolute Gasteiger partial charge is 0.204 e. The Labute approximate surface area is 163 Å². The lowest BCUT2D eigenvalue weighted by atomic mass is 10.0. The predicted octanol–water partition coefficient (Wildman–Crippen LogP) is 3.96. The van der Waals surface area contributed by atoms with Gasteiger partial charge in [-0.05, 0) is 36.6 Å². The quantitative estimate of drug-likeness (QED) is 0.688. The van der Waals surface area contributed by atoms with Crippen LogP contribution in [0.2, 0.25) is 0 Å². The zero-order valence-electron chi connectivity index (χ0n) is 16.7. The second-order valence-electron chi connectivity index (χ2n) is 6.07. The fourth-order valence-electron chi connectivity index (χ4n) is 3.32. The van der Waals surface area contributed by atoms with E-state index in [0.717, 1.165) is 16.5 Å². The van der Waals surface area contributed by atoms with Crippen molar-refractivity contribution in [3.63, 3.8) is 0 Å². The van der Waals surface area contributed by atoms with Gasteiger partial charge in [-0.1, -0.05) is 0 Å². The molecule has 1 heterocycles. The summed E-state index contributed by atoms with van der Waals surface area (Å²) in [6.07, 6.45) is 0. The van der Waals surface area contributed by atoms with Crippen molar-refractivity contribution in [3.8, 4) is 45.8 Å². The first-order valence-corrected chi connectivity index (χ1v) is 8.54. The summed E-state index contributed by atoms with van der Waals surface area (Å²) in [5.41, 5.74) is 2.10. The fraction of sp³-hybridized carbons (Fsp3) is 0.286. The Hall–Kier alpha value is -3.35. The minimum Gasteiger partial charge on any atom is -0.504 e. The molecule has 3 aromatic rings. The first-order valence-electron chi connectivity index (χ1n) is 8.54. The van der Waals surface area contributed by atoms with Crippen LogP contribution in [0, 0.1) is 6.92 Å². The molecule has 0 radical (unpaired) electrons. The van der Waals surface area contributed by atoms with E-state index in [1.807, 2.05) is 19.1 Å². The number of aromatic nitrogens is 1. The van der Waals surface area contributed by atoms with E-state index in [2.05, 4.69) is 0 Å². The van der Waals surface area contributed by atoms with Crippen molar-refractivity contribution in [1.82, 2.24) is 4.98 Å². The van der Waals surface area contributed by atoms with Gasteiger partial charge in [0.2, 0.25) is 11.5 Å². The molecule has 0 aliphatic heterocycles. The number of rotatable bonds is 6. The number of hydrogen-bond acceptors (Lipinski definition) is 7. The van der Waals surface area contributed by atoms with E-state index in [0.29, 0.717) is 34.3 Å². The minimum atomic E-state index is -0.0266. The SMILES string of the molecule is COc1cc(-c2cc3cc(OC)c(OC)c(OC)c3c(C)n2)cc(O)c1OC. The van der Waals surface area contributed by atoms with Gasteiger partial charge in [-0.15, -0.1) is 0 Å². The second-order valence-corrected chi connectivity index (χ2v) is 6.07. The van der Waals surface area contributed by atoms with Gasteiger partial charge in [0.1, 0.15) is 0 Å². The Kier molecular flexibility index (Phi) is 5.35. The summed E-state index contributed by atoms with van der Waals surface area (Å²) in [6, 6.07) is 7.13. The number of aromatic hydroxyl groups is 1. The Balaban J connectivity index is 2.29. The summed E-state index contributed by atoms with van der Waals surface area (Å²) < 4.78 is 27.0. The Morgan fingerprint density at radius 1 is 0.714 bits per heavy atom. The van der Waals surface area contributed by atoms with Crippen LogP contribution in [0.25, 0.3) is 22.0 Å². The summed E-state index contributed by atoms with van der Waals surface area (Å²) in [6.45, 7) is 1.89. The molecule has 3 rings (SSSR count). The lowest BCUT2D eigenvalue weighted by molar-refractivity contribution is 0.327. The van der Waals surface area contributed by atoms with E-state index in [4.69, 9.17) is 28.7 Å². The lowest BCUT2D eigenvalue weighted by Crippen LogP contribution is -1.99. The number of pyridine rings is 1. The zero-order valence-corrected chi connectivity index (χ0v) is 16.7. The summed E-state index contributed by atoms with van der Waals surface area (Å²) >= 11 is 0. The standard InChI is InChI=1S/C21H23NO6/c1-11-18-13(10-17(25-3)20(27-5)21(18)28-6)7-14(22-11)12-8-15(23)19(26-4)16(9-12)24-2/h7-10,23H,1-6H3. The number of hydrogen-bond donors (Lipinski definition) is 1. The average Bonchev–Trinajstić information content (AvgIpc) is 2.71. The predicted molar refractivity (Wildman–Crippen MR) is 106 cm³/mol. The largest absolute Gasteiger partial charge is 0.504 e. The average molecular weight is 385 g/mol. The molecule has 7 heteroatoms. The Morgan fingerprint density at radius 2 is 1.32 bits per heavy atom. The van der Waals surface area contributed by atoms with E-state index in [-0.39, 0.29) is 11.5 Å². The molecule has 0 atom stereocenters. The third-order valence-corrected chi connectivity index (χ3v) is 4.56. The summed E-state index contributed by atoms with van der Waals surface area (Å²) in [5.74, 6) is 2.29. The van der Waals surface area contributed by atoms with Crippen LogP contribution in [-0.2, 0) is 0 Å². The van der Waals surface area contributed by atoms with Crippen LogP contribution in [0.5, 0.6) is 34.5 Å². The Bertz CT molecular complexity index is 1030. The molecule has 7 nitrogen and oxygen atoms in total. The van der Waals surface area contributed by atoms with Gasteiger partial charge in [-0.25, -0.2) is 0 Å². The van der Waals surface area contributed by atoms with Crippen molar-refractivity contribution in [1.29, 1.82) is 0 Å². The summed E-state index contributed by atoms with van der Waals surface area (Å²) in [7, 11) is 7.71. The number of benzene rings is 2. The first kappa shape index (κ1) is 19.4. The van der Waals surface area contributed by atoms with Crippen LogP contribution in [0.15, 0.2) is 24.3 Å². The van der Waals surface area contributed by atoms with Crippen molar-refractivity contribution in [3.05, 3.63) is 30.0 Å². The van der Waals surface area contributed by atoms with Crippen molar-refractivity contribution in [2.75, 3.05) is 35.5 Å². The molecule has 0 aliphatic carbocycles. The number of phenolic OH excluding ortho intramolecular Hbond substituents is 1. The van der Waals surface area contributed by atoms with Crippen LogP contribution >= 0.6 is 0 Å². The molecule has 28 heavy (non-hydrogen) atoms. The van der Waals surface area contributed by atoms with Gasteiger partial charge in [-0.3, -0.25) is 4.98 Å². The van der Waals surface area contributed by atoms with Crippen LogP contribution in [0.1, 0.15) is 5.69 Å². The van der Waals surface area contributed by atoms with Crippen molar-refractivity contribution >= 4 is 10.8 Å². The maximum absolute atomic E-state index is 10.3. The third-order valence-electron chi connectivity index (χ3n) is 4.56. The molecule has 0 saturated carbocycles. The van der Waals surface area contributed by atoms with Crippen LogP contribution < -0.4 is 23.7 Å². The van der Waals surface area contributed by atoms with Crippen LogP contribution in [0.3, 0.4) is 0 Å². The monoisotopic (exact) mass is 385 g/mol. The minimum absolute atomic E-state index is 0.0266. The highest BCUT2D eigenvalue weighted by molar-refractivity contribution is 5.96. The molecule has 2 aromatic carbocycles. The molecule has 0 aliphatic rings. The molecule has 0 saturated heterocycles. The molecular formula is C21H23NO6. The van der Waals surface area contributed by atoms with Gasteiger partial charge < -0.3 is 28.8 Å². The molecular weight excluding hydrogens is 362 g/mol. The van der Waals surface area contributed by atoms with Gasteiger partial charge in [0.15, 0.2) is 23.0 Å². The van der Waals surface area contributed by atoms with E-state index >= 15 is 0 Å². The normalized spacial score (nSPS) is 10.6. The Morgan fingerprint density at radius 3 is 1.89 bits per heavy atom. The maximum Gasteiger partial charge on any atom is 0.204 e. The first-order chi connectivity index (χ1) is 13.5. The van der Waals surface area contributed by atoms with Gasteiger partial charge in [-0.2, -0.15) is 0 Å². The third kappa shape index (κ3) is 3.09. The van der Waals surface area contributed by atoms with Crippen LogP contribution in [0.4, 0.5) is 0 Å². The van der Waals surface area contributed by atoms with E-state index in [1.54, 1.807) is 33.5 Å². The molecule has 148 valence electrons. The van der Waals surface area contributed by atoms with E-state index in [9.17, 15) is 5.11 Å². The zero-order chi connectivity index (χ0) is 20.4. The van der Waals surface area contributed by atoms with Gasteiger partial charge >= 0.3 is 0 Å². The molecule has 0 spiro atoms. The van der Waals surface area contributed by atoms with E-state index < -0.39 is 0 Å². The highest BCUT2D eigenvalue weighted by Crippen LogP contribution is 2.46. The summed E-state index contributed by atoms with van der Waals surface area (Å²) in [5, 5.41) is 12.0. The lowest BCUT2D eigenvalue weighted by Gasteiger charge is -2.17. The molecule has 1 N–H and O–H groups in total. The number of fused-ring (bicyclic) bond motifs is 1. The highest BCUT2D eigenvalue weighted by atomic mass is 16.5. The molecule has 0 fully saturated rings. The van der Waals surface area contributed by atoms with Crippen molar-refractivity contribution in [2.45, 2.75) is 6.92 Å². The number of aryl methyl sites for hydroxylation is 1. The molecule has 0 amide bonds. The summed E-state index contributed by atoms with van der Waals surface area (Å²) in [4.78, 5) is 4.70. The highest BCUT2D eigenvalue weighted by Gasteiger charge is 2.20. The van der Waals surface area contributed by atoms with Crippen molar-refractivity contribution < 1.29 is 28.8 Å². The van der Waals surface area contributed by atoms with Crippen molar-refractivity contribution in [2.24, 2.45) is 0 Å². The number of ether oxygens (including phenoxy) is 5. The fourth-order valence-corrected chi connectivity index (χ4v) is 3.32. The molecule has 0 bridgehead atoms. The molecule has 0 unspecified atom stereocenters. The van der Waals surface area contributed by atoms with Gasteiger partial charge in [0.25, 0.3) is 0 Å². The number of methoxy groups -OCH3 is 5. The van der Waals surface area contributed by atoms with E-state index in [1.165, 1.54) is 14.2 Å². The number of nitrogens with zero attached hydrogens (tertiary/aromatic N) is 1. The maximum atomic E-state index is 10.3. The molecule has 1 aromatic heterocycles. The van der Waals surface area contributed by atoms with Gasteiger partial charge in [0, 0.05) is 16.6 Å². The van der Waals surface area contributed by atoms with Gasteiger partial charge in [0.05, 0.1) is 41.2 Å². The second kappa shape index (κ2) is 7.72. The van der Waals surface area contributed by atoms with Crippen LogP contribution in [-0.4, -0.2) is 45.6 Å². The number of phenols is 1.